The van der Waals surface area contributed by atoms with Gasteiger partial charge < -0.3 is 0 Å². The van der Waals surface area contributed by atoms with E-state index in [-0.39, 0.29) is 10.8 Å². The molecule has 0 atom stereocenters. The van der Waals surface area contributed by atoms with E-state index >= 15 is 0 Å². The van der Waals surface area contributed by atoms with Crippen LogP contribution in [0.4, 0.5) is 0 Å². The molecule has 0 radical (unpaired) electrons. The summed E-state index contributed by atoms with van der Waals surface area (Å²) in [6, 6.07) is 40.4. The van der Waals surface area contributed by atoms with Crippen molar-refractivity contribution in [2.45, 2.75) is 140 Å². The third-order valence-corrected chi connectivity index (χ3v) is 13.5. The lowest BCUT2D eigenvalue weighted by atomic mass is 9.68. The van der Waals surface area contributed by atoms with Crippen molar-refractivity contribution >= 4 is 12.6 Å². The first-order chi connectivity index (χ1) is 27.6. The van der Waals surface area contributed by atoms with E-state index in [0.717, 1.165) is 49.4 Å². The monoisotopic (exact) mass is 742 g/mol. The SMILES string of the molecule is CCCCCCCCC1(CCCCCCCC)c2ccccc2-c2cc3c(cc21)-c1ccccc1C3(CCc1ccc(C=O)cc1)CCc1ccc(C=O)cc1. The predicted octanol–water partition coefficient (Wildman–Crippen LogP) is 14.6. The highest BCUT2D eigenvalue weighted by molar-refractivity contribution is 5.90. The number of hydrogen-bond acceptors (Lipinski definition) is 2. The number of carbonyl (C=O) groups excluding carboxylic acids is 2. The molecule has 2 aliphatic rings. The summed E-state index contributed by atoms with van der Waals surface area (Å²) in [6.07, 6.45) is 23.9. The summed E-state index contributed by atoms with van der Waals surface area (Å²) in [6.45, 7) is 4.62. The van der Waals surface area contributed by atoms with Gasteiger partial charge in [-0.15, -0.1) is 0 Å². The maximum Gasteiger partial charge on any atom is 0.150 e. The van der Waals surface area contributed by atoms with E-state index in [0.29, 0.717) is 0 Å². The average Bonchev–Trinajstić information content (AvgIpc) is 3.67. The van der Waals surface area contributed by atoms with Crippen LogP contribution in [-0.4, -0.2) is 12.6 Å². The number of rotatable bonds is 22. The number of fused-ring (bicyclic) bond motifs is 6. The van der Waals surface area contributed by atoms with Gasteiger partial charge in [-0.05, 0) is 106 Å². The number of benzene rings is 5. The number of hydrogen-bond donors (Lipinski definition) is 0. The molecule has 0 fully saturated rings. The highest BCUT2D eigenvalue weighted by Gasteiger charge is 2.47. The fraction of sp³-hybridized carbons (Fsp3) is 0.407. The maximum absolute atomic E-state index is 11.5. The van der Waals surface area contributed by atoms with Crippen LogP contribution in [0.1, 0.15) is 171 Å². The minimum absolute atomic E-state index is 0.0390. The fourth-order valence-electron chi connectivity index (χ4n) is 10.4. The molecule has 0 saturated heterocycles. The first-order valence-electron chi connectivity index (χ1n) is 22.0. The molecule has 0 aromatic heterocycles. The van der Waals surface area contributed by atoms with E-state index < -0.39 is 0 Å². The lowest BCUT2D eigenvalue weighted by Gasteiger charge is -2.35. The van der Waals surface area contributed by atoms with E-state index in [1.54, 1.807) is 11.1 Å². The van der Waals surface area contributed by atoms with Gasteiger partial charge in [0.2, 0.25) is 0 Å². The summed E-state index contributed by atoms with van der Waals surface area (Å²) in [5, 5.41) is 0. The van der Waals surface area contributed by atoms with Crippen molar-refractivity contribution in [3.63, 3.8) is 0 Å². The number of aryl methyl sites for hydroxylation is 2. The molecular weight excluding hydrogens is 681 g/mol. The van der Waals surface area contributed by atoms with Gasteiger partial charge in [0.1, 0.15) is 12.6 Å². The van der Waals surface area contributed by atoms with Gasteiger partial charge in [-0.2, -0.15) is 0 Å². The second kappa shape index (κ2) is 18.6. The largest absolute Gasteiger partial charge is 0.298 e. The second-order valence-electron chi connectivity index (χ2n) is 17.0. The molecule has 56 heavy (non-hydrogen) atoms. The molecule has 5 aromatic carbocycles. The van der Waals surface area contributed by atoms with Crippen LogP contribution in [0.2, 0.25) is 0 Å². The summed E-state index contributed by atoms with van der Waals surface area (Å²) in [5.41, 5.74) is 15.6. The Kier molecular flexibility index (Phi) is 13.2. The van der Waals surface area contributed by atoms with Crippen molar-refractivity contribution in [1.29, 1.82) is 0 Å². The van der Waals surface area contributed by atoms with Crippen LogP contribution in [0.5, 0.6) is 0 Å². The maximum atomic E-state index is 11.5. The van der Waals surface area contributed by atoms with Gasteiger partial charge >= 0.3 is 0 Å². The van der Waals surface area contributed by atoms with Crippen LogP contribution in [-0.2, 0) is 23.7 Å². The van der Waals surface area contributed by atoms with E-state index in [4.69, 9.17) is 0 Å². The Morgan fingerprint density at radius 1 is 0.393 bits per heavy atom. The van der Waals surface area contributed by atoms with Crippen molar-refractivity contribution in [3.05, 3.63) is 154 Å². The quantitative estimate of drug-likeness (QED) is 0.0523. The molecule has 0 aliphatic heterocycles. The normalized spacial score (nSPS) is 14.2. The zero-order valence-electron chi connectivity index (χ0n) is 34.1. The Hall–Kier alpha value is -4.56. The van der Waals surface area contributed by atoms with E-state index in [1.165, 1.54) is 134 Å². The number of aldehydes is 2. The van der Waals surface area contributed by atoms with E-state index in [2.05, 4.69) is 98.8 Å². The Balaban J connectivity index is 1.33. The Bertz CT molecular complexity index is 2000. The van der Waals surface area contributed by atoms with Gasteiger partial charge in [0, 0.05) is 22.0 Å². The molecule has 0 N–H and O–H groups in total. The van der Waals surface area contributed by atoms with Crippen molar-refractivity contribution in [2.75, 3.05) is 0 Å². The van der Waals surface area contributed by atoms with Crippen LogP contribution < -0.4 is 0 Å². The summed E-state index contributed by atoms with van der Waals surface area (Å²) in [7, 11) is 0. The Morgan fingerprint density at radius 3 is 1.18 bits per heavy atom. The third kappa shape index (κ3) is 8.13. The molecular formula is C54H62O2. The van der Waals surface area contributed by atoms with Crippen LogP contribution in [0, 0.1) is 0 Å². The molecule has 5 aromatic rings. The number of unbranched alkanes of at least 4 members (excludes halogenated alkanes) is 10. The predicted molar refractivity (Wildman–Crippen MR) is 235 cm³/mol. The summed E-state index contributed by atoms with van der Waals surface area (Å²) in [4.78, 5) is 23.0. The molecule has 0 heterocycles. The van der Waals surface area contributed by atoms with Gasteiger partial charge in [0.05, 0.1) is 0 Å². The van der Waals surface area contributed by atoms with Gasteiger partial charge in [-0.1, -0.05) is 188 Å². The van der Waals surface area contributed by atoms with Crippen molar-refractivity contribution in [3.8, 4) is 22.3 Å². The first kappa shape index (κ1) is 39.7. The van der Waals surface area contributed by atoms with Crippen LogP contribution in [0.3, 0.4) is 0 Å². The van der Waals surface area contributed by atoms with E-state index in [9.17, 15) is 9.59 Å². The zero-order chi connectivity index (χ0) is 38.8. The van der Waals surface area contributed by atoms with Crippen LogP contribution in [0.25, 0.3) is 22.3 Å². The highest BCUT2D eigenvalue weighted by atomic mass is 16.1. The van der Waals surface area contributed by atoms with Crippen molar-refractivity contribution in [2.24, 2.45) is 0 Å². The van der Waals surface area contributed by atoms with Gasteiger partial charge in [-0.3, -0.25) is 9.59 Å². The van der Waals surface area contributed by atoms with Gasteiger partial charge in [0.15, 0.2) is 0 Å². The molecule has 7 rings (SSSR count). The second-order valence-corrected chi connectivity index (χ2v) is 17.0. The third-order valence-electron chi connectivity index (χ3n) is 13.5. The zero-order valence-corrected chi connectivity index (χ0v) is 34.1. The molecule has 0 unspecified atom stereocenters. The molecule has 0 spiro atoms. The van der Waals surface area contributed by atoms with Crippen LogP contribution in [0.15, 0.2) is 109 Å². The topological polar surface area (TPSA) is 34.1 Å². The fourth-order valence-corrected chi connectivity index (χ4v) is 10.4. The average molecular weight is 743 g/mol. The highest BCUT2D eigenvalue weighted by Crippen LogP contribution is 2.60. The Morgan fingerprint density at radius 2 is 0.768 bits per heavy atom. The van der Waals surface area contributed by atoms with E-state index in [1.807, 2.05) is 24.3 Å². The molecule has 0 saturated carbocycles. The molecule has 2 heteroatoms. The molecule has 2 aliphatic carbocycles. The van der Waals surface area contributed by atoms with Gasteiger partial charge in [0.25, 0.3) is 0 Å². The molecule has 0 amide bonds. The molecule has 0 bridgehead atoms. The number of carbonyl (C=O) groups is 2. The van der Waals surface area contributed by atoms with Crippen molar-refractivity contribution < 1.29 is 9.59 Å². The van der Waals surface area contributed by atoms with Crippen LogP contribution >= 0.6 is 0 Å². The van der Waals surface area contributed by atoms with Gasteiger partial charge in [-0.25, -0.2) is 0 Å². The molecule has 2 nitrogen and oxygen atoms in total. The summed E-state index contributed by atoms with van der Waals surface area (Å²) >= 11 is 0. The first-order valence-corrected chi connectivity index (χ1v) is 22.0. The molecule has 290 valence electrons. The smallest absolute Gasteiger partial charge is 0.150 e. The Labute approximate surface area is 337 Å². The van der Waals surface area contributed by atoms with Crippen molar-refractivity contribution in [1.82, 2.24) is 0 Å². The summed E-state index contributed by atoms with van der Waals surface area (Å²) in [5.74, 6) is 0. The standard InChI is InChI=1S/C54H62O2/c1-3-5-7-9-11-17-33-53(34-18-12-10-8-6-4-2)49-21-15-13-19-45(49)47-38-52-48(37-51(47)53)46-20-14-16-22-50(46)54(52,35-31-41-23-27-43(39-55)28-24-41)36-32-42-25-29-44(40-56)30-26-42/h13-16,19-30,37-40H,3-12,17-18,31-36H2,1-2H3. The minimum atomic E-state index is -0.188. The lowest BCUT2D eigenvalue weighted by molar-refractivity contribution is 0.111. The minimum Gasteiger partial charge on any atom is -0.298 e. The summed E-state index contributed by atoms with van der Waals surface area (Å²) < 4.78 is 0. The lowest BCUT2D eigenvalue weighted by Crippen LogP contribution is -2.28.